The van der Waals surface area contributed by atoms with Crippen LogP contribution in [0.25, 0.3) is 0 Å². The number of nitrogens with one attached hydrogen (secondary N) is 1. The van der Waals surface area contributed by atoms with Gasteiger partial charge in [-0.3, -0.25) is 19.4 Å². The molecule has 4 aliphatic rings. The smallest absolute Gasteiger partial charge is 0.256 e. The summed E-state index contributed by atoms with van der Waals surface area (Å²) in [6.45, 7) is 10.3. The third-order valence-corrected chi connectivity index (χ3v) is 14.5. The molecule has 15 heteroatoms. The Labute approximate surface area is 435 Å². The van der Waals surface area contributed by atoms with Crippen LogP contribution in [0.15, 0.2) is 96.0 Å². The molecule has 2 atom stereocenters. The van der Waals surface area contributed by atoms with E-state index in [1.54, 1.807) is 26.5 Å². The first kappa shape index (κ1) is 51.9. The molecule has 0 unspecified atom stereocenters. The van der Waals surface area contributed by atoms with Gasteiger partial charge < -0.3 is 53.3 Å². The molecular formula is C59H70N6O9. The van der Waals surface area contributed by atoms with Crippen molar-refractivity contribution in [1.82, 2.24) is 9.80 Å². The number of aliphatic imine (C=N–C) groups is 1. The number of anilines is 3. The average Bonchev–Trinajstić information content (AvgIpc) is 3.60. The minimum atomic E-state index is -0.0427. The van der Waals surface area contributed by atoms with Gasteiger partial charge in [-0.05, 0) is 109 Å². The second-order valence-corrected chi connectivity index (χ2v) is 19.6. The Morgan fingerprint density at radius 2 is 1.36 bits per heavy atom. The van der Waals surface area contributed by atoms with Gasteiger partial charge in [0, 0.05) is 77.7 Å². The fraction of sp³-hybridized carbons (Fsp3) is 0.424. The van der Waals surface area contributed by atoms with Gasteiger partial charge in [-0.25, -0.2) is 0 Å². The summed E-state index contributed by atoms with van der Waals surface area (Å²) in [4.78, 5) is 53.9. The summed E-state index contributed by atoms with van der Waals surface area (Å²) < 4.78 is 36.1. The molecule has 0 spiro atoms. The van der Waals surface area contributed by atoms with Crippen molar-refractivity contribution in [2.75, 3.05) is 102 Å². The number of hydrogen-bond acceptors (Lipinski definition) is 13. The van der Waals surface area contributed by atoms with Crippen LogP contribution in [0.3, 0.4) is 0 Å². The van der Waals surface area contributed by atoms with E-state index >= 15 is 0 Å². The summed E-state index contributed by atoms with van der Waals surface area (Å²) in [5.41, 5.74) is 11.3. The molecule has 74 heavy (non-hydrogen) atoms. The standard InChI is InChI=1S/C59H70N6O9/c1-6-60-34-50(66)16-11-17-63(18-19-71-22-23-72-21-20-69-4)47-26-41(38-73-55-32-54-52(24-40(55)2)59(68)65-36-46-15-10-8-13-44(46)29-49(65)37-62(54)3)25-42(27-47)39-74-57-31-53-51(30-56(57)70-5)58(67)64-35-45-14-9-7-12-43(45)28-48(64)33-61-53/h6-10,12-15,24-27,30-32,48-49,61H,11,16-23,28-29,33-39H2,1-5H3/t48-,49-/m0/s1. The third-order valence-electron chi connectivity index (χ3n) is 14.5. The molecular weight excluding hydrogens is 937 g/mol. The molecule has 0 aromatic heterocycles. The van der Waals surface area contributed by atoms with Crippen LogP contribution in [0.4, 0.5) is 17.1 Å². The predicted molar refractivity (Wildman–Crippen MR) is 288 cm³/mol. The van der Waals surface area contributed by atoms with Crippen molar-refractivity contribution in [3.63, 3.8) is 0 Å². The minimum Gasteiger partial charge on any atom is -0.493 e. The molecule has 15 nitrogen and oxygen atoms in total. The summed E-state index contributed by atoms with van der Waals surface area (Å²) in [5, 5.41) is 3.57. The molecule has 9 rings (SSSR count). The molecule has 0 saturated heterocycles. The van der Waals surface area contributed by atoms with Crippen molar-refractivity contribution in [3.8, 4) is 17.2 Å². The number of benzene rings is 5. The normalized spacial score (nSPS) is 16.7. The van der Waals surface area contributed by atoms with E-state index in [1.807, 2.05) is 54.0 Å². The van der Waals surface area contributed by atoms with Crippen molar-refractivity contribution >= 4 is 40.9 Å². The van der Waals surface area contributed by atoms with Gasteiger partial charge in [0.2, 0.25) is 0 Å². The number of methoxy groups -OCH3 is 2. The number of aryl methyl sites for hydroxylation is 1. The number of carbonyl (C=O) groups excluding carboxylic acids is 3. The van der Waals surface area contributed by atoms with Crippen LogP contribution in [0.5, 0.6) is 17.2 Å². The van der Waals surface area contributed by atoms with Gasteiger partial charge in [0.1, 0.15) is 19.0 Å². The largest absolute Gasteiger partial charge is 0.493 e. The van der Waals surface area contributed by atoms with E-state index in [1.165, 1.54) is 22.3 Å². The van der Waals surface area contributed by atoms with Gasteiger partial charge in [0.05, 0.1) is 81.3 Å². The summed E-state index contributed by atoms with van der Waals surface area (Å²) in [7, 11) is 5.29. The fourth-order valence-electron chi connectivity index (χ4n) is 10.6. The van der Waals surface area contributed by atoms with Gasteiger partial charge in [0.25, 0.3) is 11.8 Å². The number of amides is 2. The number of ketones is 1. The van der Waals surface area contributed by atoms with Gasteiger partial charge in [-0.15, -0.1) is 0 Å². The highest BCUT2D eigenvalue weighted by Crippen LogP contribution is 2.40. The van der Waals surface area contributed by atoms with Crippen LogP contribution < -0.4 is 29.3 Å². The SMILES string of the molecule is CC=NCC(=O)CCCN(CCOCCOCCOC)c1cc(COc2cc3c(cc2C)C(=O)N2Cc4ccccc4C[C@H]2CN3C)cc(COc2cc3c(cc2OC)C(=O)N2Cc4ccccc4C[C@H]2CN3)c1. The van der Waals surface area contributed by atoms with E-state index in [0.29, 0.717) is 119 Å². The lowest BCUT2D eigenvalue weighted by Crippen LogP contribution is -2.47. The zero-order chi connectivity index (χ0) is 51.6. The minimum absolute atomic E-state index is 0.00727. The number of Topliss-reactive ketones (excluding diaryl/α,β-unsaturated/α-hetero) is 1. The van der Waals surface area contributed by atoms with Crippen LogP contribution in [-0.4, -0.2) is 133 Å². The zero-order valence-corrected chi connectivity index (χ0v) is 43.5. The van der Waals surface area contributed by atoms with Crippen molar-refractivity contribution in [1.29, 1.82) is 0 Å². The number of nitrogens with zero attached hydrogens (tertiary/aromatic N) is 5. The molecule has 0 radical (unpaired) electrons. The molecule has 0 bridgehead atoms. The Kier molecular flexibility index (Phi) is 17.1. The molecule has 390 valence electrons. The van der Waals surface area contributed by atoms with Crippen molar-refractivity contribution < 1.29 is 42.8 Å². The molecule has 4 heterocycles. The first-order valence-electron chi connectivity index (χ1n) is 25.9. The second kappa shape index (κ2) is 24.4. The van der Waals surface area contributed by atoms with Gasteiger partial charge in [-0.2, -0.15) is 0 Å². The predicted octanol–water partition coefficient (Wildman–Crippen LogP) is 8.10. The topological polar surface area (TPSA) is 144 Å². The van der Waals surface area contributed by atoms with Gasteiger partial charge >= 0.3 is 0 Å². The highest BCUT2D eigenvalue weighted by atomic mass is 16.5. The van der Waals surface area contributed by atoms with E-state index < -0.39 is 0 Å². The molecule has 5 aromatic carbocycles. The van der Waals surface area contributed by atoms with E-state index in [4.69, 9.17) is 28.4 Å². The summed E-state index contributed by atoms with van der Waals surface area (Å²) in [6.07, 6.45) is 4.26. The number of fused-ring (bicyclic) bond motifs is 6. The Balaban J connectivity index is 0.978. The lowest BCUT2D eigenvalue weighted by atomic mass is 9.93. The highest BCUT2D eigenvalue weighted by Gasteiger charge is 2.37. The fourth-order valence-corrected chi connectivity index (χ4v) is 10.6. The van der Waals surface area contributed by atoms with Gasteiger partial charge in [-0.1, -0.05) is 48.5 Å². The summed E-state index contributed by atoms with van der Waals surface area (Å²) in [5.74, 6) is 1.73. The monoisotopic (exact) mass is 1010 g/mol. The Morgan fingerprint density at radius 1 is 0.730 bits per heavy atom. The average molecular weight is 1010 g/mol. The molecule has 0 fully saturated rings. The number of rotatable bonds is 23. The quantitative estimate of drug-likeness (QED) is 0.0499. The molecule has 4 aliphatic heterocycles. The Morgan fingerprint density at radius 3 is 2.05 bits per heavy atom. The number of carbonyl (C=O) groups is 3. The molecule has 1 N–H and O–H groups in total. The third kappa shape index (κ3) is 12.2. The lowest BCUT2D eigenvalue weighted by Gasteiger charge is -2.36. The van der Waals surface area contributed by atoms with Crippen LogP contribution in [-0.2, 0) is 58.2 Å². The van der Waals surface area contributed by atoms with E-state index in [0.717, 1.165) is 40.9 Å². The molecule has 2 amide bonds. The van der Waals surface area contributed by atoms with Gasteiger partial charge in [0.15, 0.2) is 17.3 Å². The maximum absolute atomic E-state index is 14.3. The highest BCUT2D eigenvalue weighted by molar-refractivity contribution is 6.02. The first-order chi connectivity index (χ1) is 36.1. The lowest BCUT2D eigenvalue weighted by molar-refractivity contribution is -0.117. The molecule has 0 aliphatic carbocycles. The maximum atomic E-state index is 14.3. The van der Waals surface area contributed by atoms with Crippen molar-refractivity contribution in [3.05, 3.63) is 141 Å². The number of likely N-dealkylation sites (N-methyl/N-ethyl adjacent to an activating group) is 1. The van der Waals surface area contributed by atoms with Crippen LogP contribution in [0.1, 0.15) is 79.4 Å². The van der Waals surface area contributed by atoms with Crippen LogP contribution in [0.2, 0.25) is 0 Å². The second-order valence-electron chi connectivity index (χ2n) is 19.6. The van der Waals surface area contributed by atoms with E-state index in [9.17, 15) is 14.4 Å². The Hall–Kier alpha value is -6.94. The van der Waals surface area contributed by atoms with E-state index in [2.05, 4.69) is 81.8 Å². The first-order valence-corrected chi connectivity index (χ1v) is 25.9. The summed E-state index contributed by atoms with van der Waals surface area (Å²) >= 11 is 0. The number of ether oxygens (including phenoxy) is 6. The Bertz CT molecular complexity index is 2840. The van der Waals surface area contributed by atoms with Crippen molar-refractivity contribution in [2.24, 2.45) is 4.99 Å². The maximum Gasteiger partial charge on any atom is 0.256 e. The molecule has 0 saturated carbocycles. The van der Waals surface area contributed by atoms with Crippen LogP contribution in [0, 0.1) is 6.92 Å². The van der Waals surface area contributed by atoms with Crippen molar-refractivity contribution in [2.45, 2.75) is 77.9 Å². The van der Waals surface area contributed by atoms with E-state index in [-0.39, 0.29) is 49.4 Å². The number of hydrogen-bond donors (Lipinski definition) is 1. The summed E-state index contributed by atoms with van der Waals surface area (Å²) in [6, 6.07) is 30.8. The zero-order valence-electron chi connectivity index (χ0n) is 43.5. The van der Waals surface area contributed by atoms with Crippen LogP contribution >= 0.6 is 0 Å². The molecule has 5 aromatic rings.